The average Bonchev–Trinajstić information content (AvgIpc) is 3.17. The predicted octanol–water partition coefficient (Wildman–Crippen LogP) is 4.33. The van der Waals surface area contributed by atoms with Crippen LogP contribution in [0, 0.1) is 13.8 Å². The Bertz CT molecular complexity index is 875. The molecule has 3 rings (SSSR count). The van der Waals surface area contributed by atoms with Gasteiger partial charge in [-0.2, -0.15) is 0 Å². The number of anilines is 1. The molecule has 124 valence electrons. The third-order valence-electron chi connectivity index (χ3n) is 3.31. The monoisotopic (exact) mass is 378 g/mol. The predicted molar refractivity (Wildman–Crippen MR) is 99.5 cm³/mol. The lowest BCUT2D eigenvalue weighted by atomic mass is 10.2. The maximum absolute atomic E-state index is 12.1. The summed E-state index contributed by atoms with van der Waals surface area (Å²) in [6.07, 6.45) is 5.32. The first-order valence-corrected chi connectivity index (χ1v) is 9.36. The van der Waals surface area contributed by atoms with Gasteiger partial charge >= 0.3 is 0 Å². The summed E-state index contributed by atoms with van der Waals surface area (Å²) in [5.74, 6) is 0.154. The normalized spacial score (nSPS) is 10.8. The third kappa shape index (κ3) is 3.80. The van der Waals surface area contributed by atoms with Crippen molar-refractivity contribution in [3.05, 3.63) is 52.3 Å². The molecule has 0 aliphatic carbocycles. The molecule has 0 spiro atoms. The summed E-state index contributed by atoms with van der Waals surface area (Å²) in [4.78, 5) is 21.6. The van der Waals surface area contributed by atoms with Crippen LogP contribution in [-0.4, -0.2) is 26.2 Å². The van der Waals surface area contributed by atoms with Gasteiger partial charge in [-0.3, -0.25) is 9.36 Å². The zero-order chi connectivity index (χ0) is 17.1. The van der Waals surface area contributed by atoms with Gasteiger partial charge in [-0.1, -0.05) is 29.4 Å². The van der Waals surface area contributed by atoms with Crippen LogP contribution in [-0.2, 0) is 4.79 Å². The van der Waals surface area contributed by atoms with Crippen molar-refractivity contribution < 1.29 is 4.79 Å². The molecule has 24 heavy (non-hydrogen) atoms. The maximum atomic E-state index is 12.1. The molecule has 2 heterocycles. The number of thioether (sulfide) groups is 1. The smallest absolute Gasteiger partial charge is 0.236 e. The van der Waals surface area contributed by atoms with Gasteiger partial charge < -0.3 is 5.32 Å². The molecule has 0 radical (unpaired) electrons. The van der Waals surface area contributed by atoms with Gasteiger partial charge in [0.15, 0.2) is 10.3 Å². The maximum Gasteiger partial charge on any atom is 0.236 e. The number of thiazole rings is 1. The van der Waals surface area contributed by atoms with Crippen LogP contribution in [0.3, 0.4) is 0 Å². The van der Waals surface area contributed by atoms with Crippen molar-refractivity contribution >= 4 is 45.7 Å². The molecule has 1 amide bonds. The summed E-state index contributed by atoms with van der Waals surface area (Å²) >= 11 is 9.02. The Balaban J connectivity index is 1.70. The first-order chi connectivity index (χ1) is 11.5. The van der Waals surface area contributed by atoms with Crippen LogP contribution >= 0.6 is 34.7 Å². The Morgan fingerprint density at radius 1 is 1.38 bits per heavy atom. The van der Waals surface area contributed by atoms with Crippen molar-refractivity contribution in [3.8, 4) is 5.69 Å². The number of halogens is 1. The molecule has 8 heteroatoms. The summed E-state index contributed by atoms with van der Waals surface area (Å²) < 4.78 is 1.94. The number of amides is 1. The highest BCUT2D eigenvalue weighted by Gasteiger charge is 2.12. The lowest BCUT2D eigenvalue weighted by Gasteiger charge is -2.11. The number of carbonyl (C=O) groups excluding carboxylic acids is 1. The van der Waals surface area contributed by atoms with Crippen LogP contribution in [0.4, 0.5) is 5.13 Å². The average molecular weight is 379 g/mol. The second-order valence-corrected chi connectivity index (χ2v) is 7.66. The second-order valence-electron chi connectivity index (χ2n) is 5.08. The van der Waals surface area contributed by atoms with E-state index in [1.54, 1.807) is 12.4 Å². The standard InChI is InChI=1S/C16H15ClN4OS2/c1-10-8-19-15(24-10)20-14(22)9-23-16-18-6-7-21(16)13-5-3-4-12(17)11(13)2/h3-8H,9H2,1-2H3,(H,19,20,22). The molecule has 0 fully saturated rings. The van der Waals surface area contributed by atoms with Crippen molar-refractivity contribution in [2.75, 3.05) is 11.1 Å². The van der Waals surface area contributed by atoms with Gasteiger partial charge in [0.2, 0.25) is 5.91 Å². The van der Waals surface area contributed by atoms with Gasteiger partial charge in [0.25, 0.3) is 0 Å². The van der Waals surface area contributed by atoms with E-state index in [1.165, 1.54) is 23.1 Å². The number of nitrogens with zero attached hydrogens (tertiary/aromatic N) is 3. The Hall–Kier alpha value is -1.83. The van der Waals surface area contributed by atoms with Crippen molar-refractivity contribution in [1.82, 2.24) is 14.5 Å². The Morgan fingerprint density at radius 3 is 2.96 bits per heavy atom. The molecule has 0 saturated heterocycles. The Morgan fingerprint density at radius 2 is 2.21 bits per heavy atom. The molecule has 5 nitrogen and oxygen atoms in total. The number of hydrogen-bond acceptors (Lipinski definition) is 5. The van der Waals surface area contributed by atoms with E-state index in [4.69, 9.17) is 11.6 Å². The first kappa shape index (κ1) is 17.0. The minimum atomic E-state index is -0.105. The number of nitrogens with one attached hydrogen (secondary N) is 1. The van der Waals surface area contributed by atoms with E-state index < -0.39 is 0 Å². The van der Waals surface area contributed by atoms with Crippen LogP contribution < -0.4 is 5.32 Å². The molecule has 1 aromatic carbocycles. The lowest BCUT2D eigenvalue weighted by molar-refractivity contribution is -0.113. The molecule has 0 aliphatic heterocycles. The minimum absolute atomic E-state index is 0.105. The second kappa shape index (κ2) is 7.38. The number of imidazole rings is 1. The van der Waals surface area contributed by atoms with Crippen LogP contribution in [0.15, 0.2) is 41.9 Å². The molecule has 1 N–H and O–H groups in total. The number of benzene rings is 1. The highest BCUT2D eigenvalue weighted by Crippen LogP contribution is 2.26. The number of carbonyl (C=O) groups is 1. The van der Waals surface area contributed by atoms with Crippen LogP contribution in [0.5, 0.6) is 0 Å². The topological polar surface area (TPSA) is 59.8 Å². The molecular weight excluding hydrogens is 364 g/mol. The fourth-order valence-electron chi connectivity index (χ4n) is 2.13. The van der Waals surface area contributed by atoms with E-state index in [1.807, 2.05) is 42.8 Å². The quantitative estimate of drug-likeness (QED) is 0.671. The van der Waals surface area contributed by atoms with Crippen molar-refractivity contribution in [3.63, 3.8) is 0 Å². The molecule has 0 saturated carbocycles. The number of hydrogen-bond donors (Lipinski definition) is 1. The van der Waals surface area contributed by atoms with E-state index in [9.17, 15) is 4.79 Å². The summed E-state index contributed by atoms with van der Waals surface area (Å²) in [6.45, 7) is 3.91. The van der Waals surface area contributed by atoms with Gasteiger partial charge in [-0.15, -0.1) is 11.3 Å². The van der Waals surface area contributed by atoms with E-state index >= 15 is 0 Å². The molecule has 3 aromatic rings. The van der Waals surface area contributed by atoms with E-state index in [0.717, 1.165) is 21.3 Å². The molecule has 0 bridgehead atoms. The van der Waals surface area contributed by atoms with Crippen molar-refractivity contribution in [2.45, 2.75) is 19.0 Å². The highest BCUT2D eigenvalue weighted by molar-refractivity contribution is 7.99. The molecule has 0 atom stereocenters. The molecular formula is C16H15ClN4OS2. The van der Waals surface area contributed by atoms with Crippen LogP contribution in [0.2, 0.25) is 5.02 Å². The van der Waals surface area contributed by atoms with Gasteiger partial charge in [0.05, 0.1) is 11.4 Å². The Kier molecular flexibility index (Phi) is 5.23. The summed E-state index contributed by atoms with van der Waals surface area (Å²) in [5.41, 5.74) is 1.93. The number of rotatable bonds is 5. The summed E-state index contributed by atoms with van der Waals surface area (Å²) in [5, 5.41) is 4.86. The van der Waals surface area contributed by atoms with Gasteiger partial charge in [-0.05, 0) is 31.5 Å². The highest BCUT2D eigenvalue weighted by atomic mass is 35.5. The third-order valence-corrected chi connectivity index (χ3v) is 5.51. The molecule has 2 aromatic heterocycles. The molecule has 0 aliphatic rings. The Labute approximate surface area is 153 Å². The van der Waals surface area contributed by atoms with Gasteiger partial charge in [-0.25, -0.2) is 9.97 Å². The number of aryl methyl sites for hydroxylation is 1. The van der Waals surface area contributed by atoms with Crippen molar-refractivity contribution in [2.24, 2.45) is 0 Å². The van der Waals surface area contributed by atoms with Crippen molar-refractivity contribution in [1.29, 1.82) is 0 Å². The fourth-order valence-corrected chi connectivity index (χ4v) is 3.75. The van der Waals surface area contributed by atoms with Gasteiger partial charge in [0.1, 0.15) is 0 Å². The van der Waals surface area contributed by atoms with E-state index in [2.05, 4.69) is 15.3 Å². The fraction of sp³-hybridized carbons (Fsp3) is 0.188. The zero-order valence-corrected chi connectivity index (χ0v) is 15.5. The summed E-state index contributed by atoms with van der Waals surface area (Å²) in [7, 11) is 0. The SMILES string of the molecule is Cc1cnc(NC(=O)CSc2nccn2-c2cccc(Cl)c2C)s1. The lowest BCUT2D eigenvalue weighted by Crippen LogP contribution is -2.14. The zero-order valence-electron chi connectivity index (χ0n) is 13.1. The van der Waals surface area contributed by atoms with E-state index in [0.29, 0.717) is 10.2 Å². The molecule has 0 unspecified atom stereocenters. The van der Waals surface area contributed by atoms with Gasteiger partial charge in [0, 0.05) is 28.5 Å². The largest absolute Gasteiger partial charge is 0.301 e. The number of aromatic nitrogens is 3. The van der Waals surface area contributed by atoms with Crippen LogP contribution in [0.1, 0.15) is 10.4 Å². The van der Waals surface area contributed by atoms with Crippen LogP contribution in [0.25, 0.3) is 5.69 Å². The first-order valence-electron chi connectivity index (χ1n) is 7.18. The minimum Gasteiger partial charge on any atom is -0.301 e. The van der Waals surface area contributed by atoms with E-state index in [-0.39, 0.29) is 11.7 Å². The summed E-state index contributed by atoms with van der Waals surface area (Å²) in [6, 6.07) is 5.73.